The van der Waals surface area contributed by atoms with Gasteiger partial charge in [0, 0.05) is 25.6 Å². The zero-order valence-electron chi connectivity index (χ0n) is 4.67. The van der Waals surface area contributed by atoms with Crippen molar-refractivity contribution in [3.05, 3.63) is 0 Å². The smallest absolute Gasteiger partial charge is 0.0824 e. The SMILES string of the molecule is OCC1CN=CNC1. The molecule has 1 aliphatic heterocycles. The maximum atomic E-state index is 8.58. The van der Waals surface area contributed by atoms with E-state index < -0.39 is 0 Å². The van der Waals surface area contributed by atoms with E-state index in [2.05, 4.69) is 10.3 Å². The van der Waals surface area contributed by atoms with Crippen LogP contribution in [0.1, 0.15) is 0 Å². The summed E-state index contributed by atoms with van der Waals surface area (Å²) in [4.78, 5) is 3.93. The molecule has 1 aliphatic rings. The topological polar surface area (TPSA) is 44.6 Å². The molecule has 3 heteroatoms. The molecule has 0 saturated heterocycles. The van der Waals surface area contributed by atoms with Crippen molar-refractivity contribution in [1.82, 2.24) is 5.32 Å². The molecule has 0 bridgehead atoms. The summed E-state index contributed by atoms with van der Waals surface area (Å²) in [6.07, 6.45) is 1.69. The molecule has 2 N–H and O–H groups in total. The van der Waals surface area contributed by atoms with Crippen molar-refractivity contribution in [2.24, 2.45) is 10.9 Å². The van der Waals surface area contributed by atoms with Crippen molar-refractivity contribution in [2.75, 3.05) is 19.7 Å². The molecule has 1 rings (SSSR count). The van der Waals surface area contributed by atoms with Crippen LogP contribution in [0.2, 0.25) is 0 Å². The Kier molecular flexibility index (Phi) is 1.86. The van der Waals surface area contributed by atoms with Crippen molar-refractivity contribution >= 4 is 6.34 Å². The first-order valence-electron chi connectivity index (χ1n) is 2.76. The Labute approximate surface area is 48.4 Å². The van der Waals surface area contributed by atoms with Crippen LogP contribution < -0.4 is 5.32 Å². The maximum absolute atomic E-state index is 8.58. The summed E-state index contributed by atoms with van der Waals surface area (Å²) in [5.74, 6) is 0.333. The van der Waals surface area contributed by atoms with Crippen LogP contribution in [-0.4, -0.2) is 31.1 Å². The van der Waals surface area contributed by atoms with Crippen molar-refractivity contribution < 1.29 is 5.11 Å². The Morgan fingerprint density at radius 3 is 3.12 bits per heavy atom. The van der Waals surface area contributed by atoms with Gasteiger partial charge in [0.1, 0.15) is 0 Å². The van der Waals surface area contributed by atoms with Gasteiger partial charge >= 0.3 is 0 Å². The molecule has 0 amide bonds. The zero-order chi connectivity index (χ0) is 5.82. The molecule has 1 heterocycles. The monoisotopic (exact) mass is 114 g/mol. The first kappa shape index (κ1) is 5.56. The van der Waals surface area contributed by atoms with E-state index in [-0.39, 0.29) is 6.61 Å². The zero-order valence-corrected chi connectivity index (χ0v) is 4.67. The van der Waals surface area contributed by atoms with Crippen LogP contribution in [0.4, 0.5) is 0 Å². The van der Waals surface area contributed by atoms with Gasteiger partial charge in [0.25, 0.3) is 0 Å². The molecule has 0 fully saturated rings. The molecule has 0 aromatic heterocycles. The Morgan fingerprint density at radius 2 is 2.75 bits per heavy atom. The van der Waals surface area contributed by atoms with E-state index in [4.69, 9.17) is 5.11 Å². The minimum Gasteiger partial charge on any atom is -0.396 e. The van der Waals surface area contributed by atoms with E-state index in [0.717, 1.165) is 13.1 Å². The third-order valence-electron chi connectivity index (χ3n) is 1.21. The van der Waals surface area contributed by atoms with Gasteiger partial charge in [-0.3, -0.25) is 4.99 Å². The highest BCUT2D eigenvalue weighted by atomic mass is 16.3. The average molecular weight is 114 g/mol. The highest BCUT2D eigenvalue weighted by Gasteiger charge is 2.06. The van der Waals surface area contributed by atoms with Gasteiger partial charge < -0.3 is 10.4 Å². The molecule has 0 radical (unpaired) electrons. The molecule has 46 valence electrons. The van der Waals surface area contributed by atoms with Crippen molar-refractivity contribution in [3.8, 4) is 0 Å². The summed E-state index contributed by atoms with van der Waals surface area (Å²) in [5.41, 5.74) is 0. The predicted molar refractivity (Wildman–Crippen MR) is 31.9 cm³/mol. The molecule has 0 aromatic rings. The predicted octanol–water partition coefficient (Wildman–Crippen LogP) is -0.774. The van der Waals surface area contributed by atoms with Crippen molar-refractivity contribution in [3.63, 3.8) is 0 Å². The minimum absolute atomic E-state index is 0.240. The van der Waals surface area contributed by atoms with Crippen LogP contribution >= 0.6 is 0 Å². The van der Waals surface area contributed by atoms with Crippen LogP contribution in [-0.2, 0) is 0 Å². The van der Waals surface area contributed by atoms with Crippen LogP contribution in [0, 0.1) is 5.92 Å². The van der Waals surface area contributed by atoms with Gasteiger partial charge in [-0.25, -0.2) is 0 Å². The van der Waals surface area contributed by atoms with Gasteiger partial charge in [0.2, 0.25) is 0 Å². The van der Waals surface area contributed by atoms with Crippen molar-refractivity contribution in [1.29, 1.82) is 0 Å². The van der Waals surface area contributed by atoms with Crippen LogP contribution in [0.15, 0.2) is 4.99 Å². The Balaban J connectivity index is 2.27. The molecule has 1 atom stereocenters. The summed E-state index contributed by atoms with van der Waals surface area (Å²) in [7, 11) is 0. The van der Waals surface area contributed by atoms with Gasteiger partial charge in [-0.1, -0.05) is 0 Å². The summed E-state index contributed by atoms with van der Waals surface area (Å²) < 4.78 is 0. The summed E-state index contributed by atoms with van der Waals surface area (Å²) in [5, 5.41) is 11.5. The highest BCUT2D eigenvalue weighted by molar-refractivity contribution is 5.54. The van der Waals surface area contributed by atoms with E-state index in [1.807, 2.05) is 0 Å². The van der Waals surface area contributed by atoms with E-state index in [1.54, 1.807) is 6.34 Å². The number of aliphatic hydroxyl groups excluding tert-OH is 1. The van der Waals surface area contributed by atoms with Crippen molar-refractivity contribution in [2.45, 2.75) is 0 Å². The molecule has 3 nitrogen and oxygen atoms in total. The number of aliphatic hydroxyl groups is 1. The number of aliphatic imine (C=N–C) groups is 1. The van der Waals surface area contributed by atoms with Gasteiger partial charge in [-0.05, 0) is 0 Å². The Bertz CT molecular complexity index is 92.4. The number of hydrogen-bond donors (Lipinski definition) is 2. The fourth-order valence-corrected chi connectivity index (χ4v) is 0.673. The standard InChI is InChI=1S/C5H10N2O/c8-3-5-1-6-4-7-2-5/h4-5,8H,1-3H2,(H,6,7). The number of rotatable bonds is 1. The lowest BCUT2D eigenvalue weighted by Gasteiger charge is -2.14. The second-order valence-corrected chi connectivity index (χ2v) is 1.95. The fraction of sp³-hybridized carbons (Fsp3) is 0.800. The first-order chi connectivity index (χ1) is 3.93. The molecule has 0 spiro atoms. The quantitative estimate of drug-likeness (QED) is 0.470. The van der Waals surface area contributed by atoms with Gasteiger partial charge in [-0.2, -0.15) is 0 Å². The largest absolute Gasteiger partial charge is 0.396 e. The Hall–Kier alpha value is -0.570. The maximum Gasteiger partial charge on any atom is 0.0824 e. The van der Waals surface area contributed by atoms with Gasteiger partial charge in [0.15, 0.2) is 0 Å². The normalized spacial score (nSPS) is 27.4. The van der Waals surface area contributed by atoms with Crippen LogP contribution in [0.25, 0.3) is 0 Å². The number of hydrogen-bond acceptors (Lipinski definition) is 3. The van der Waals surface area contributed by atoms with E-state index >= 15 is 0 Å². The Morgan fingerprint density at radius 1 is 1.88 bits per heavy atom. The molecular formula is C5H10N2O. The lowest BCUT2D eigenvalue weighted by Crippen LogP contribution is -2.30. The van der Waals surface area contributed by atoms with Crippen LogP contribution in [0.3, 0.4) is 0 Å². The average Bonchev–Trinajstić information content (AvgIpc) is 1.90. The van der Waals surface area contributed by atoms with E-state index in [1.165, 1.54) is 0 Å². The molecule has 0 saturated carbocycles. The van der Waals surface area contributed by atoms with Crippen LogP contribution in [0.5, 0.6) is 0 Å². The fourth-order valence-electron chi connectivity index (χ4n) is 0.673. The second kappa shape index (κ2) is 2.67. The lowest BCUT2D eigenvalue weighted by atomic mass is 10.1. The second-order valence-electron chi connectivity index (χ2n) is 1.95. The number of nitrogens with one attached hydrogen (secondary N) is 1. The summed E-state index contributed by atoms with van der Waals surface area (Å²) >= 11 is 0. The molecular weight excluding hydrogens is 104 g/mol. The molecule has 0 aromatic carbocycles. The lowest BCUT2D eigenvalue weighted by molar-refractivity contribution is 0.229. The van der Waals surface area contributed by atoms with Gasteiger partial charge in [0.05, 0.1) is 6.34 Å². The van der Waals surface area contributed by atoms with E-state index in [9.17, 15) is 0 Å². The molecule has 1 unspecified atom stereocenters. The minimum atomic E-state index is 0.240. The third kappa shape index (κ3) is 1.20. The summed E-state index contributed by atoms with van der Waals surface area (Å²) in [6, 6.07) is 0. The molecule has 8 heavy (non-hydrogen) atoms. The van der Waals surface area contributed by atoms with Gasteiger partial charge in [-0.15, -0.1) is 0 Å². The highest BCUT2D eigenvalue weighted by Crippen LogP contribution is 1.95. The van der Waals surface area contributed by atoms with E-state index in [0.29, 0.717) is 5.92 Å². The number of nitrogens with zero attached hydrogens (tertiary/aromatic N) is 1. The first-order valence-corrected chi connectivity index (χ1v) is 2.76. The summed E-state index contributed by atoms with van der Waals surface area (Å²) in [6.45, 7) is 1.87. The third-order valence-corrected chi connectivity index (χ3v) is 1.21. The molecule has 0 aliphatic carbocycles.